The van der Waals surface area contributed by atoms with Crippen LogP contribution >= 0.6 is 0 Å². The van der Waals surface area contributed by atoms with Gasteiger partial charge < -0.3 is 4.84 Å². The molecule has 20 heavy (non-hydrogen) atoms. The molecule has 3 rings (SSSR count). The zero-order chi connectivity index (χ0) is 14.2. The number of likely N-dealkylation sites (tertiary alicyclic amines) is 1. The van der Waals surface area contributed by atoms with Crippen LogP contribution in [0.2, 0.25) is 0 Å². The Kier molecular flexibility index (Phi) is 3.33. The lowest BCUT2D eigenvalue weighted by molar-refractivity contribution is -0.0104. The van der Waals surface area contributed by atoms with Crippen molar-refractivity contribution in [2.24, 2.45) is 10.6 Å². The fraction of sp³-hybridized carbons (Fsp3) is 0.588. The summed E-state index contributed by atoms with van der Waals surface area (Å²) in [4.78, 5) is 8.34. The number of oxime groups is 1. The van der Waals surface area contributed by atoms with Crippen molar-refractivity contribution in [1.82, 2.24) is 4.90 Å². The SMILES string of the molecule is CC(C)(C)C1=NOC2(CCN(Cc3ccccc3)C2)C1. The van der Waals surface area contributed by atoms with Crippen molar-refractivity contribution in [3.8, 4) is 0 Å². The summed E-state index contributed by atoms with van der Waals surface area (Å²) < 4.78 is 0. The monoisotopic (exact) mass is 272 g/mol. The van der Waals surface area contributed by atoms with Gasteiger partial charge in [-0.25, -0.2) is 0 Å². The molecule has 0 bridgehead atoms. The second-order valence-corrected chi connectivity index (χ2v) is 7.19. The van der Waals surface area contributed by atoms with Crippen LogP contribution in [-0.2, 0) is 11.4 Å². The quantitative estimate of drug-likeness (QED) is 0.823. The molecule has 2 heterocycles. The molecule has 3 heteroatoms. The van der Waals surface area contributed by atoms with Crippen molar-refractivity contribution in [2.75, 3.05) is 13.1 Å². The van der Waals surface area contributed by atoms with Crippen LogP contribution in [0.1, 0.15) is 39.2 Å². The second-order valence-electron chi connectivity index (χ2n) is 7.19. The van der Waals surface area contributed by atoms with E-state index in [0.29, 0.717) is 0 Å². The van der Waals surface area contributed by atoms with Crippen LogP contribution in [0.4, 0.5) is 0 Å². The van der Waals surface area contributed by atoms with Gasteiger partial charge in [0.1, 0.15) is 0 Å². The maximum atomic E-state index is 5.85. The van der Waals surface area contributed by atoms with E-state index in [1.807, 2.05) is 0 Å². The third-order valence-corrected chi connectivity index (χ3v) is 4.35. The first-order valence-electron chi connectivity index (χ1n) is 7.49. The smallest absolute Gasteiger partial charge is 0.156 e. The largest absolute Gasteiger partial charge is 0.387 e. The molecule has 0 radical (unpaired) electrons. The first-order valence-corrected chi connectivity index (χ1v) is 7.49. The molecule has 1 atom stereocenters. The summed E-state index contributed by atoms with van der Waals surface area (Å²) in [6.45, 7) is 9.74. The molecule has 1 aromatic rings. The number of benzene rings is 1. The fourth-order valence-electron chi connectivity index (χ4n) is 3.05. The minimum absolute atomic E-state index is 0.0581. The molecule has 1 aromatic carbocycles. The average molecular weight is 272 g/mol. The van der Waals surface area contributed by atoms with Gasteiger partial charge in [0.2, 0.25) is 0 Å². The number of hydrogen-bond acceptors (Lipinski definition) is 3. The topological polar surface area (TPSA) is 24.8 Å². The van der Waals surface area contributed by atoms with Gasteiger partial charge in [-0.05, 0) is 5.56 Å². The Hall–Kier alpha value is -1.35. The van der Waals surface area contributed by atoms with Gasteiger partial charge in [0.05, 0.1) is 5.71 Å². The van der Waals surface area contributed by atoms with E-state index in [1.165, 1.54) is 11.3 Å². The summed E-state index contributed by atoms with van der Waals surface area (Å²) in [5.74, 6) is 0. The van der Waals surface area contributed by atoms with Gasteiger partial charge in [-0.1, -0.05) is 56.3 Å². The van der Waals surface area contributed by atoms with Gasteiger partial charge in [-0.3, -0.25) is 4.90 Å². The molecular formula is C17H24N2O. The molecule has 108 valence electrons. The summed E-state index contributed by atoms with van der Waals surface area (Å²) in [6.07, 6.45) is 2.07. The van der Waals surface area contributed by atoms with Crippen molar-refractivity contribution in [3.63, 3.8) is 0 Å². The van der Waals surface area contributed by atoms with E-state index in [2.05, 4.69) is 61.2 Å². The lowest BCUT2D eigenvalue weighted by Gasteiger charge is -2.23. The summed E-state index contributed by atoms with van der Waals surface area (Å²) in [6, 6.07) is 10.7. The number of nitrogens with zero attached hydrogens (tertiary/aromatic N) is 2. The zero-order valence-corrected chi connectivity index (χ0v) is 12.7. The van der Waals surface area contributed by atoms with Gasteiger partial charge in [0.15, 0.2) is 5.60 Å². The van der Waals surface area contributed by atoms with E-state index in [1.54, 1.807) is 0 Å². The first kappa shape index (κ1) is 13.6. The molecule has 1 fully saturated rings. The van der Waals surface area contributed by atoms with E-state index in [0.717, 1.165) is 32.5 Å². The van der Waals surface area contributed by atoms with Crippen LogP contribution in [0.25, 0.3) is 0 Å². The van der Waals surface area contributed by atoms with Gasteiger partial charge in [-0.2, -0.15) is 0 Å². The Morgan fingerprint density at radius 1 is 1.25 bits per heavy atom. The Bertz CT molecular complexity index is 503. The summed E-state index contributed by atoms with van der Waals surface area (Å²) in [5, 5.41) is 4.37. The molecule has 0 amide bonds. The van der Waals surface area contributed by atoms with Crippen LogP contribution in [0.15, 0.2) is 35.5 Å². The molecule has 3 nitrogen and oxygen atoms in total. The maximum absolute atomic E-state index is 5.85. The fourth-order valence-corrected chi connectivity index (χ4v) is 3.05. The van der Waals surface area contributed by atoms with Crippen molar-refractivity contribution < 1.29 is 4.84 Å². The Morgan fingerprint density at radius 3 is 2.65 bits per heavy atom. The molecule has 1 unspecified atom stereocenters. The van der Waals surface area contributed by atoms with Gasteiger partial charge >= 0.3 is 0 Å². The molecule has 1 saturated heterocycles. The molecule has 0 aliphatic carbocycles. The average Bonchev–Trinajstić information content (AvgIpc) is 2.99. The van der Waals surface area contributed by atoms with Gasteiger partial charge in [0, 0.05) is 37.9 Å². The molecule has 1 spiro atoms. The van der Waals surface area contributed by atoms with Crippen molar-refractivity contribution >= 4 is 5.71 Å². The molecule has 2 aliphatic heterocycles. The molecule has 0 N–H and O–H groups in total. The van der Waals surface area contributed by atoms with E-state index < -0.39 is 0 Å². The van der Waals surface area contributed by atoms with Crippen molar-refractivity contribution in [3.05, 3.63) is 35.9 Å². The van der Waals surface area contributed by atoms with Gasteiger partial charge in [-0.15, -0.1) is 0 Å². The summed E-state index contributed by atoms with van der Waals surface area (Å²) in [7, 11) is 0. The van der Waals surface area contributed by atoms with E-state index in [9.17, 15) is 0 Å². The third-order valence-electron chi connectivity index (χ3n) is 4.35. The highest BCUT2D eigenvalue weighted by Gasteiger charge is 2.46. The lowest BCUT2D eigenvalue weighted by atomic mass is 9.83. The minimum Gasteiger partial charge on any atom is -0.387 e. The van der Waals surface area contributed by atoms with Crippen LogP contribution < -0.4 is 0 Å². The highest BCUT2D eigenvalue weighted by Crippen LogP contribution is 2.38. The number of hydrogen-bond donors (Lipinski definition) is 0. The normalized spacial score (nSPS) is 26.9. The minimum atomic E-state index is -0.0581. The van der Waals surface area contributed by atoms with E-state index in [-0.39, 0.29) is 11.0 Å². The molecule has 2 aliphatic rings. The Labute approximate surface area is 121 Å². The first-order chi connectivity index (χ1) is 9.47. The third kappa shape index (κ3) is 2.73. The van der Waals surface area contributed by atoms with Crippen LogP contribution in [0, 0.1) is 5.41 Å². The van der Waals surface area contributed by atoms with Crippen LogP contribution in [0.3, 0.4) is 0 Å². The van der Waals surface area contributed by atoms with E-state index >= 15 is 0 Å². The van der Waals surface area contributed by atoms with E-state index in [4.69, 9.17) is 4.84 Å². The predicted octanol–water partition coefficient (Wildman–Crippen LogP) is 3.45. The Morgan fingerprint density at radius 2 is 2.00 bits per heavy atom. The molecular weight excluding hydrogens is 248 g/mol. The Balaban J connectivity index is 1.61. The molecule has 0 aromatic heterocycles. The highest BCUT2D eigenvalue weighted by molar-refractivity contribution is 5.90. The van der Waals surface area contributed by atoms with Gasteiger partial charge in [0.25, 0.3) is 0 Å². The maximum Gasteiger partial charge on any atom is 0.156 e. The summed E-state index contributed by atoms with van der Waals surface area (Å²) in [5.41, 5.74) is 2.65. The zero-order valence-electron chi connectivity index (χ0n) is 12.7. The summed E-state index contributed by atoms with van der Waals surface area (Å²) >= 11 is 0. The van der Waals surface area contributed by atoms with Crippen molar-refractivity contribution in [1.29, 1.82) is 0 Å². The molecule has 0 saturated carbocycles. The highest BCUT2D eigenvalue weighted by atomic mass is 16.7. The predicted molar refractivity (Wildman–Crippen MR) is 81.7 cm³/mol. The number of rotatable bonds is 2. The second kappa shape index (κ2) is 4.88. The standard InChI is InChI=1S/C17H24N2O/c1-16(2,3)15-11-17(20-18-15)9-10-19(13-17)12-14-7-5-4-6-8-14/h4-8H,9-13H2,1-3H3. The van der Waals surface area contributed by atoms with Crippen LogP contribution in [-0.4, -0.2) is 29.3 Å². The van der Waals surface area contributed by atoms with Crippen LogP contribution in [0.5, 0.6) is 0 Å². The van der Waals surface area contributed by atoms with Crippen molar-refractivity contribution in [2.45, 2.75) is 45.8 Å². The lowest BCUT2D eigenvalue weighted by Crippen LogP contribution is -2.35.